The van der Waals surface area contributed by atoms with Gasteiger partial charge in [0, 0.05) is 32.4 Å². The maximum atomic E-state index is 12.4. The van der Waals surface area contributed by atoms with E-state index in [-0.39, 0.29) is 17.8 Å². The largest absolute Gasteiger partial charge is 0.444 e. The molecule has 120 valence electrons. The predicted octanol–water partition coefficient (Wildman–Crippen LogP) is 1.36. The van der Waals surface area contributed by atoms with Crippen molar-refractivity contribution in [2.45, 2.75) is 26.4 Å². The second-order valence-electron chi connectivity index (χ2n) is 6.20. The van der Waals surface area contributed by atoms with Gasteiger partial charge in [-0.05, 0) is 32.9 Å². The topological polar surface area (TPSA) is 88.8 Å². The first-order valence-corrected chi connectivity index (χ1v) is 7.25. The highest BCUT2D eigenvalue weighted by molar-refractivity contribution is 5.98. The lowest BCUT2D eigenvalue weighted by Gasteiger charge is -2.35. The third kappa shape index (κ3) is 3.87. The molecule has 1 aromatic heterocycles. The number of pyridine rings is 1. The lowest BCUT2D eigenvalue weighted by Crippen LogP contribution is -2.51. The van der Waals surface area contributed by atoms with E-state index in [0.29, 0.717) is 31.7 Å². The van der Waals surface area contributed by atoms with Crippen LogP contribution in [-0.2, 0) is 4.74 Å². The second-order valence-corrected chi connectivity index (χ2v) is 6.20. The lowest BCUT2D eigenvalue weighted by atomic mass is 10.2. The number of hydrogen-bond donors (Lipinski definition) is 1. The number of hydrogen-bond acceptors (Lipinski definition) is 5. The van der Waals surface area contributed by atoms with Crippen LogP contribution < -0.4 is 5.73 Å². The minimum Gasteiger partial charge on any atom is -0.444 e. The third-order valence-electron chi connectivity index (χ3n) is 3.29. The first-order valence-electron chi connectivity index (χ1n) is 7.25. The van der Waals surface area contributed by atoms with Gasteiger partial charge in [-0.25, -0.2) is 9.78 Å². The Morgan fingerprint density at radius 1 is 1.18 bits per heavy atom. The molecule has 7 heteroatoms. The fourth-order valence-corrected chi connectivity index (χ4v) is 2.19. The number of anilines is 1. The summed E-state index contributed by atoms with van der Waals surface area (Å²) in [6.07, 6.45) is 1.20. The molecule has 0 spiro atoms. The average Bonchev–Trinajstić information content (AvgIpc) is 2.45. The third-order valence-corrected chi connectivity index (χ3v) is 3.29. The van der Waals surface area contributed by atoms with E-state index in [1.807, 2.05) is 20.8 Å². The van der Waals surface area contributed by atoms with Crippen molar-refractivity contribution in [2.75, 3.05) is 31.9 Å². The smallest absolute Gasteiger partial charge is 0.410 e. The summed E-state index contributed by atoms with van der Waals surface area (Å²) in [7, 11) is 0. The van der Waals surface area contributed by atoms with Crippen LogP contribution in [0.15, 0.2) is 18.3 Å². The summed E-state index contributed by atoms with van der Waals surface area (Å²) >= 11 is 0. The van der Waals surface area contributed by atoms with Gasteiger partial charge in [0.15, 0.2) is 0 Å². The molecule has 1 aromatic rings. The summed E-state index contributed by atoms with van der Waals surface area (Å²) in [6, 6.07) is 3.34. The number of piperazine rings is 1. The Morgan fingerprint density at radius 2 is 1.77 bits per heavy atom. The number of ether oxygens (including phenoxy) is 1. The van der Waals surface area contributed by atoms with Gasteiger partial charge in [0.1, 0.15) is 11.4 Å². The molecule has 1 saturated heterocycles. The van der Waals surface area contributed by atoms with Gasteiger partial charge in [0.25, 0.3) is 5.91 Å². The fourth-order valence-electron chi connectivity index (χ4n) is 2.19. The van der Waals surface area contributed by atoms with Crippen molar-refractivity contribution in [3.63, 3.8) is 0 Å². The predicted molar refractivity (Wildman–Crippen MR) is 82.4 cm³/mol. The highest BCUT2D eigenvalue weighted by Gasteiger charge is 2.28. The van der Waals surface area contributed by atoms with Gasteiger partial charge < -0.3 is 20.3 Å². The molecule has 7 nitrogen and oxygen atoms in total. The highest BCUT2D eigenvalue weighted by atomic mass is 16.6. The van der Waals surface area contributed by atoms with Gasteiger partial charge in [0.2, 0.25) is 0 Å². The van der Waals surface area contributed by atoms with E-state index < -0.39 is 5.60 Å². The van der Waals surface area contributed by atoms with Crippen LogP contribution in [0.2, 0.25) is 0 Å². The van der Waals surface area contributed by atoms with Gasteiger partial charge in [-0.15, -0.1) is 0 Å². The number of carbonyl (C=O) groups is 2. The van der Waals surface area contributed by atoms with E-state index in [9.17, 15) is 9.59 Å². The minimum atomic E-state index is -0.520. The van der Waals surface area contributed by atoms with Crippen LogP contribution in [-0.4, -0.2) is 58.6 Å². The first-order chi connectivity index (χ1) is 10.3. The Hall–Kier alpha value is -2.31. The fraction of sp³-hybridized carbons (Fsp3) is 0.533. The van der Waals surface area contributed by atoms with Crippen molar-refractivity contribution in [3.8, 4) is 0 Å². The number of nitrogen functional groups attached to an aromatic ring is 1. The molecule has 1 fully saturated rings. The molecule has 0 unspecified atom stereocenters. The number of aromatic nitrogens is 1. The van der Waals surface area contributed by atoms with Crippen LogP contribution in [0.4, 0.5) is 10.6 Å². The standard InChI is InChI=1S/C15H22N4O3/c1-15(2,3)22-14(21)19-9-7-18(8-10-19)13(20)11-5-4-6-17-12(11)16/h4-6H,7-10H2,1-3H3,(H2,16,17). The number of rotatable bonds is 1. The number of nitrogens with zero attached hydrogens (tertiary/aromatic N) is 3. The second kappa shape index (κ2) is 6.21. The quantitative estimate of drug-likeness (QED) is 0.846. The van der Waals surface area contributed by atoms with Crippen LogP contribution in [0.25, 0.3) is 0 Å². The first kappa shape index (κ1) is 16.1. The molecular formula is C15H22N4O3. The van der Waals surface area contributed by atoms with Gasteiger partial charge in [-0.3, -0.25) is 4.79 Å². The molecule has 22 heavy (non-hydrogen) atoms. The summed E-state index contributed by atoms with van der Waals surface area (Å²) in [5, 5.41) is 0. The van der Waals surface area contributed by atoms with Gasteiger partial charge >= 0.3 is 6.09 Å². The van der Waals surface area contributed by atoms with Crippen LogP contribution in [0.1, 0.15) is 31.1 Å². The summed E-state index contributed by atoms with van der Waals surface area (Å²) in [6.45, 7) is 7.28. The van der Waals surface area contributed by atoms with Crippen LogP contribution >= 0.6 is 0 Å². The van der Waals surface area contributed by atoms with E-state index in [0.717, 1.165) is 0 Å². The number of amides is 2. The summed E-state index contributed by atoms with van der Waals surface area (Å²) in [4.78, 5) is 31.6. The number of nitrogens with two attached hydrogens (primary N) is 1. The Kier molecular flexibility index (Phi) is 4.54. The molecule has 0 aromatic carbocycles. The molecule has 2 rings (SSSR count). The van der Waals surface area contributed by atoms with E-state index in [2.05, 4.69) is 4.98 Å². The van der Waals surface area contributed by atoms with Crippen LogP contribution in [0, 0.1) is 0 Å². The van der Waals surface area contributed by atoms with E-state index in [1.54, 1.807) is 28.1 Å². The lowest BCUT2D eigenvalue weighted by molar-refractivity contribution is 0.0141. The summed E-state index contributed by atoms with van der Waals surface area (Å²) in [5.41, 5.74) is 5.61. The molecule has 0 radical (unpaired) electrons. The zero-order chi connectivity index (χ0) is 16.3. The zero-order valence-corrected chi connectivity index (χ0v) is 13.2. The van der Waals surface area contributed by atoms with Crippen molar-refractivity contribution >= 4 is 17.8 Å². The summed E-state index contributed by atoms with van der Waals surface area (Å²) < 4.78 is 5.33. The molecular weight excluding hydrogens is 284 g/mol. The molecule has 2 heterocycles. The van der Waals surface area contributed by atoms with Crippen molar-refractivity contribution in [1.82, 2.24) is 14.8 Å². The SMILES string of the molecule is CC(C)(C)OC(=O)N1CCN(C(=O)c2cccnc2N)CC1. The Bertz CT molecular complexity index is 560. The van der Waals surface area contributed by atoms with Gasteiger partial charge in [0.05, 0.1) is 5.56 Å². The monoisotopic (exact) mass is 306 g/mol. The normalized spacial score (nSPS) is 15.6. The zero-order valence-electron chi connectivity index (χ0n) is 13.2. The van der Waals surface area contributed by atoms with Crippen molar-refractivity contribution in [1.29, 1.82) is 0 Å². The minimum absolute atomic E-state index is 0.158. The van der Waals surface area contributed by atoms with E-state index in [1.165, 1.54) is 0 Å². The van der Waals surface area contributed by atoms with Crippen molar-refractivity contribution in [3.05, 3.63) is 23.9 Å². The Morgan fingerprint density at radius 3 is 2.32 bits per heavy atom. The molecule has 2 amide bonds. The maximum absolute atomic E-state index is 12.4. The van der Waals surface area contributed by atoms with Crippen molar-refractivity contribution in [2.24, 2.45) is 0 Å². The highest BCUT2D eigenvalue weighted by Crippen LogP contribution is 2.15. The average molecular weight is 306 g/mol. The summed E-state index contributed by atoms with van der Waals surface area (Å²) in [5.74, 6) is 0.0662. The maximum Gasteiger partial charge on any atom is 0.410 e. The van der Waals surface area contributed by atoms with Crippen LogP contribution in [0.3, 0.4) is 0 Å². The molecule has 0 atom stereocenters. The van der Waals surface area contributed by atoms with Gasteiger partial charge in [-0.1, -0.05) is 0 Å². The molecule has 0 bridgehead atoms. The molecule has 2 N–H and O–H groups in total. The molecule has 0 saturated carbocycles. The van der Waals surface area contributed by atoms with Crippen molar-refractivity contribution < 1.29 is 14.3 Å². The van der Waals surface area contributed by atoms with Gasteiger partial charge in [-0.2, -0.15) is 0 Å². The van der Waals surface area contributed by atoms with E-state index >= 15 is 0 Å². The van der Waals surface area contributed by atoms with Crippen LogP contribution in [0.5, 0.6) is 0 Å². The van der Waals surface area contributed by atoms with E-state index in [4.69, 9.17) is 10.5 Å². The molecule has 1 aliphatic heterocycles. The molecule has 0 aliphatic carbocycles. The number of carbonyl (C=O) groups excluding carboxylic acids is 2. The Labute approximate surface area is 130 Å². The Balaban J connectivity index is 1.94. The molecule has 1 aliphatic rings.